The lowest BCUT2D eigenvalue weighted by Crippen LogP contribution is -1.87. The van der Waals surface area contributed by atoms with E-state index in [1.807, 2.05) is 36.4 Å². The zero-order valence-electron chi connectivity index (χ0n) is 10.0. The maximum absolute atomic E-state index is 10.9. The standard InChI is InChI=1S/C16H11ClO2/c17-16(19)15-9-7-13(8-10-15)2-1-12-3-5-14(11-18)6-4-12/h1-11H/b2-1+. The SMILES string of the molecule is O=Cc1ccc(/C=C/c2ccc(C(=O)Cl)cc2)cc1. The van der Waals surface area contributed by atoms with E-state index in [1.165, 1.54) is 0 Å². The van der Waals surface area contributed by atoms with Gasteiger partial charge in [0.15, 0.2) is 0 Å². The lowest BCUT2D eigenvalue weighted by molar-refractivity contribution is 0.108. The molecule has 19 heavy (non-hydrogen) atoms. The molecule has 0 aliphatic rings. The molecular formula is C16H11ClO2. The summed E-state index contributed by atoms with van der Waals surface area (Å²) in [5.41, 5.74) is 3.11. The quantitative estimate of drug-likeness (QED) is 0.477. The highest BCUT2D eigenvalue weighted by Crippen LogP contribution is 2.11. The van der Waals surface area contributed by atoms with Crippen molar-refractivity contribution in [3.05, 3.63) is 70.8 Å². The first-order valence-corrected chi connectivity index (χ1v) is 6.10. The Morgan fingerprint density at radius 1 is 0.789 bits per heavy atom. The summed E-state index contributed by atoms with van der Waals surface area (Å²) in [4.78, 5) is 21.4. The highest BCUT2D eigenvalue weighted by Gasteiger charge is 1.99. The van der Waals surface area contributed by atoms with Crippen molar-refractivity contribution in [2.45, 2.75) is 0 Å². The van der Waals surface area contributed by atoms with Gasteiger partial charge in [0.1, 0.15) is 6.29 Å². The molecule has 0 aromatic heterocycles. The number of carbonyl (C=O) groups is 2. The first kappa shape index (κ1) is 13.2. The van der Waals surface area contributed by atoms with Crippen LogP contribution in [0.25, 0.3) is 12.2 Å². The van der Waals surface area contributed by atoms with Crippen LogP contribution >= 0.6 is 11.6 Å². The number of hydrogen-bond acceptors (Lipinski definition) is 2. The molecule has 0 fully saturated rings. The molecule has 0 heterocycles. The topological polar surface area (TPSA) is 34.1 Å². The van der Waals surface area contributed by atoms with E-state index in [4.69, 9.17) is 11.6 Å². The van der Waals surface area contributed by atoms with Crippen LogP contribution in [0, 0.1) is 0 Å². The first-order valence-electron chi connectivity index (χ1n) is 5.72. The predicted octanol–water partition coefficient (Wildman–Crippen LogP) is 4.05. The third kappa shape index (κ3) is 3.63. The smallest absolute Gasteiger partial charge is 0.252 e. The summed E-state index contributed by atoms with van der Waals surface area (Å²) in [6, 6.07) is 14.3. The molecular weight excluding hydrogens is 260 g/mol. The van der Waals surface area contributed by atoms with E-state index in [0.717, 1.165) is 17.4 Å². The van der Waals surface area contributed by atoms with Gasteiger partial charge in [-0.2, -0.15) is 0 Å². The number of benzene rings is 2. The van der Waals surface area contributed by atoms with Crippen LogP contribution in [-0.4, -0.2) is 11.5 Å². The number of hydrogen-bond donors (Lipinski definition) is 0. The number of carbonyl (C=O) groups excluding carboxylic acids is 2. The summed E-state index contributed by atoms with van der Waals surface area (Å²) >= 11 is 5.37. The maximum atomic E-state index is 10.9. The van der Waals surface area contributed by atoms with Crippen molar-refractivity contribution in [3.8, 4) is 0 Å². The lowest BCUT2D eigenvalue weighted by Gasteiger charge is -1.97. The minimum atomic E-state index is -0.458. The van der Waals surface area contributed by atoms with Gasteiger partial charge in [-0.3, -0.25) is 9.59 Å². The molecule has 94 valence electrons. The molecule has 0 spiro atoms. The second-order valence-electron chi connectivity index (χ2n) is 4.01. The maximum Gasteiger partial charge on any atom is 0.252 e. The van der Waals surface area contributed by atoms with Crippen LogP contribution in [0.1, 0.15) is 31.8 Å². The average Bonchev–Trinajstić information content (AvgIpc) is 2.46. The second kappa shape index (κ2) is 6.12. The van der Waals surface area contributed by atoms with E-state index in [2.05, 4.69) is 0 Å². The molecule has 0 atom stereocenters. The van der Waals surface area contributed by atoms with E-state index in [1.54, 1.807) is 24.3 Å². The van der Waals surface area contributed by atoms with Crippen molar-refractivity contribution in [1.29, 1.82) is 0 Å². The molecule has 0 bridgehead atoms. The Bertz CT molecular complexity index is 610. The first-order chi connectivity index (χ1) is 9.19. The fourth-order valence-corrected chi connectivity index (χ4v) is 1.73. The third-order valence-corrected chi connectivity index (χ3v) is 2.90. The van der Waals surface area contributed by atoms with Gasteiger partial charge in [-0.25, -0.2) is 0 Å². The Morgan fingerprint density at radius 3 is 1.63 bits per heavy atom. The Labute approximate surface area is 116 Å². The highest BCUT2D eigenvalue weighted by atomic mass is 35.5. The zero-order chi connectivity index (χ0) is 13.7. The van der Waals surface area contributed by atoms with Crippen molar-refractivity contribution >= 4 is 35.3 Å². The van der Waals surface area contributed by atoms with Gasteiger partial charge in [-0.05, 0) is 34.9 Å². The fourth-order valence-electron chi connectivity index (χ4n) is 1.60. The van der Waals surface area contributed by atoms with Gasteiger partial charge in [0, 0.05) is 11.1 Å². The molecule has 2 aromatic rings. The van der Waals surface area contributed by atoms with E-state index in [0.29, 0.717) is 11.1 Å². The molecule has 0 aliphatic carbocycles. The van der Waals surface area contributed by atoms with Crippen molar-refractivity contribution in [2.24, 2.45) is 0 Å². The zero-order valence-corrected chi connectivity index (χ0v) is 10.8. The minimum absolute atomic E-state index is 0.458. The lowest BCUT2D eigenvalue weighted by atomic mass is 10.1. The van der Waals surface area contributed by atoms with Gasteiger partial charge in [0.05, 0.1) is 0 Å². The van der Waals surface area contributed by atoms with Gasteiger partial charge in [-0.15, -0.1) is 0 Å². The van der Waals surface area contributed by atoms with Crippen molar-refractivity contribution in [1.82, 2.24) is 0 Å². The summed E-state index contributed by atoms with van der Waals surface area (Å²) in [5.74, 6) is 0. The molecule has 0 amide bonds. The number of halogens is 1. The van der Waals surface area contributed by atoms with Gasteiger partial charge in [-0.1, -0.05) is 48.6 Å². The molecule has 0 saturated carbocycles. The number of rotatable bonds is 4. The highest BCUT2D eigenvalue weighted by molar-refractivity contribution is 6.67. The summed E-state index contributed by atoms with van der Waals surface area (Å²) < 4.78 is 0. The fraction of sp³-hybridized carbons (Fsp3) is 0. The van der Waals surface area contributed by atoms with E-state index in [-0.39, 0.29) is 0 Å². The van der Waals surface area contributed by atoms with Crippen LogP contribution in [0.5, 0.6) is 0 Å². The number of aldehydes is 1. The Hall–Kier alpha value is -2.19. The van der Waals surface area contributed by atoms with Crippen molar-refractivity contribution in [2.75, 3.05) is 0 Å². The van der Waals surface area contributed by atoms with Gasteiger partial charge >= 0.3 is 0 Å². The molecule has 0 aliphatic heterocycles. The van der Waals surface area contributed by atoms with Gasteiger partial charge in [0.2, 0.25) is 0 Å². The molecule has 2 rings (SSSR count). The molecule has 2 aromatic carbocycles. The Kier molecular flexibility index (Phi) is 4.26. The molecule has 0 saturated heterocycles. The Morgan fingerprint density at radius 2 is 1.21 bits per heavy atom. The summed E-state index contributed by atoms with van der Waals surface area (Å²) in [6.07, 6.45) is 4.68. The molecule has 0 unspecified atom stereocenters. The normalized spacial score (nSPS) is 10.6. The van der Waals surface area contributed by atoms with E-state index in [9.17, 15) is 9.59 Å². The summed E-state index contributed by atoms with van der Waals surface area (Å²) in [7, 11) is 0. The van der Waals surface area contributed by atoms with Gasteiger partial charge < -0.3 is 0 Å². The Balaban J connectivity index is 2.12. The van der Waals surface area contributed by atoms with Crippen molar-refractivity contribution in [3.63, 3.8) is 0 Å². The van der Waals surface area contributed by atoms with E-state index < -0.39 is 5.24 Å². The van der Waals surface area contributed by atoms with Crippen LogP contribution in [0.15, 0.2) is 48.5 Å². The third-order valence-electron chi connectivity index (χ3n) is 2.68. The molecule has 0 N–H and O–H groups in total. The predicted molar refractivity (Wildman–Crippen MR) is 77.4 cm³/mol. The molecule has 3 heteroatoms. The summed E-state index contributed by atoms with van der Waals surface area (Å²) in [6.45, 7) is 0. The van der Waals surface area contributed by atoms with Gasteiger partial charge in [0.25, 0.3) is 5.24 Å². The van der Waals surface area contributed by atoms with Crippen LogP contribution in [0.2, 0.25) is 0 Å². The minimum Gasteiger partial charge on any atom is -0.298 e. The summed E-state index contributed by atoms with van der Waals surface area (Å²) in [5, 5.41) is -0.458. The molecule has 0 radical (unpaired) electrons. The van der Waals surface area contributed by atoms with E-state index >= 15 is 0 Å². The molecule has 2 nitrogen and oxygen atoms in total. The average molecular weight is 271 g/mol. The van der Waals surface area contributed by atoms with Crippen LogP contribution in [0.4, 0.5) is 0 Å². The van der Waals surface area contributed by atoms with Crippen molar-refractivity contribution < 1.29 is 9.59 Å². The van der Waals surface area contributed by atoms with Crippen LogP contribution in [0.3, 0.4) is 0 Å². The second-order valence-corrected chi connectivity index (χ2v) is 4.36. The van der Waals surface area contributed by atoms with Crippen LogP contribution in [-0.2, 0) is 0 Å². The monoisotopic (exact) mass is 270 g/mol. The largest absolute Gasteiger partial charge is 0.298 e. The van der Waals surface area contributed by atoms with Crippen LogP contribution < -0.4 is 0 Å².